The van der Waals surface area contributed by atoms with Crippen LogP contribution in [0.2, 0.25) is 0 Å². The Balaban J connectivity index is 1.96. The second-order valence-electron chi connectivity index (χ2n) is 5.81. The molecule has 1 aliphatic rings. The quantitative estimate of drug-likeness (QED) is 0.806. The molecule has 0 saturated heterocycles. The molecule has 0 radical (unpaired) electrons. The van der Waals surface area contributed by atoms with Gasteiger partial charge in [-0.15, -0.1) is 6.58 Å². The van der Waals surface area contributed by atoms with E-state index in [1.165, 1.54) is 11.1 Å². The Hall–Kier alpha value is -1.57. The number of hydrogen-bond acceptors (Lipinski definition) is 1. The Labute approximate surface area is 121 Å². The van der Waals surface area contributed by atoms with E-state index in [9.17, 15) is 9.90 Å². The zero-order valence-corrected chi connectivity index (χ0v) is 12.2. The molecule has 0 heterocycles. The maximum Gasteiger partial charge on any atom is 0.310 e. The van der Waals surface area contributed by atoms with Crippen LogP contribution in [0.3, 0.4) is 0 Å². The fourth-order valence-electron chi connectivity index (χ4n) is 3.33. The second-order valence-corrected chi connectivity index (χ2v) is 5.81. The first-order valence-electron chi connectivity index (χ1n) is 7.60. The highest BCUT2D eigenvalue weighted by Gasteiger charge is 2.30. The van der Waals surface area contributed by atoms with Crippen LogP contribution in [0, 0.1) is 11.8 Å². The van der Waals surface area contributed by atoms with E-state index in [2.05, 4.69) is 37.8 Å². The summed E-state index contributed by atoms with van der Waals surface area (Å²) in [7, 11) is 0. The maximum absolute atomic E-state index is 11.2. The Morgan fingerprint density at radius 3 is 2.35 bits per heavy atom. The number of hydrogen-bond donors (Lipinski definition) is 1. The number of carbonyl (C=O) groups is 1. The van der Waals surface area contributed by atoms with Crippen molar-refractivity contribution in [1.29, 1.82) is 0 Å². The molecule has 20 heavy (non-hydrogen) atoms. The number of carboxylic acid groups (broad SMARTS) is 1. The zero-order chi connectivity index (χ0) is 14.5. The van der Waals surface area contributed by atoms with Gasteiger partial charge in [-0.2, -0.15) is 0 Å². The van der Waals surface area contributed by atoms with Crippen molar-refractivity contribution in [1.82, 2.24) is 0 Å². The summed E-state index contributed by atoms with van der Waals surface area (Å²) in [6.45, 7) is 5.84. The predicted octanol–water partition coefficient (Wildman–Crippen LogP) is 4.41. The number of aryl methyl sites for hydroxylation is 1. The SMILES string of the molecule is C=CC(C(=O)O)C1CCC(c2ccc(CC)cc2)CC1. The Morgan fingerprint density at radius 1 is 1.30 bits per heavy atom. The molecule has 108 valence electrons. The smallest absolute Gasteiger partial charge is 0.310 e. The summed E-state index contributed by atoms with van der Waals surface area (Å²) in [4.78, 5) is 11.2. The molecule has 0 amide bonds. The van der Waals surface area contributed by atoms with Crippen LogP contribution in [-0.4, -0.2) is 11.1 Å². The van der Waals surface area contributed by atoms with Crippen molar-refractivity contribution in [2.24, 2.45) is 11.8 Å². The summed E-state index contributed by atoms with van der Waals surface area (Å²) < 4.78 is 0. The van der Waals surface area contributed by atoms with Gasteiger partial charge in [0.15, 0.2) is 0 Å². The topological polar surface area (TPSA) is 37.3 Å². The second kappa shape index (κ2) is 6.74. The lowest BCUT2D eigenvalue weighted by atomic mass is 9.74. The van der Waals surface area contributed by atoms with E-state index in [0.29, 0.717) is 5.92 Å². The minimum Gasteiger partial charge on any atom is -0.481 e. The number of rotatable bonds is 5. The summed E-state index contributed by atoms with van der Waals surface area (Å²) in [5.41, 5.74) is 2.78. The molecule has 1 fully saturated rings. The van der Waals surface area contributed by atoms with Crippen LogP contribution >= 0.6 is 0 Å². The zero-order valence-electron chi connectivity index (χ0n) is 12.2. The molecule has 1 aromatic carbocycles. The van der Waals surface area contributed by atoms with E-state index in [0.717, 1.165) is 32.1 Å². The van der Waals surface area contributed by atoms with Crippen LogP contribution in [-0.2, 0) is 11.2 Å². The van der Waals surface area contributed by atoms with Crippen LogP contribution in [0.25, 0.3) is 0 Å². The standard InChI is InChI=1S/C18H24O2/c1-3-13-5-7-14(8-6-13)15-9-11-16(12-10-15)17(4-2)18(19)20/h4-8,15-17H,2-3,9-12H2,1H3,(H,19,20). The molecule has 1 aliphatic carbocycles. The van der Waals surface area contributed by atoms with Crippen LogP contribution in [0.1, 0.15) is 49.7 Å². The van der Waals surface area contributed by atoms with Crippen LogP contribution in [0.15, 0.2) is 36.9 Å². The molecule has 1 atom stereocenters. The fourth-order valence-corrected chi connectivity index (χ4v) is 3.33. The maximum atomic E-state index is 11.2. The first-order valence-corrected chi connectivity index (χ1v) is 7.60. The molecular weight excluding hydrogens is 248 g/mol. The van der Waals surface area contributed by atoms with E-state index in [-0.39, 0.29) is 11.8 Å². The van der Waals surface area contributed by atoms with Gasteiger partial charge in [-0.25, -0.2) is 0 Å². The normalized spacial score (nSPS) is 24.1. The first-order chi connectivity index (χ1) is 9.65. The summed E-state index contributed by atoms with van der Waals surface area (Å²) in [6.07, 6.45) is 6.84. The molecule has 1 aromatic rings. The van der Waals surface area contributed by atoms with Gasteiger partial charge < -0.3 is 5.11 Å². The van der Waals surface area contributed by atoms with E-state index < -0.39 is 5.97 Å². The van der Waals surface area contributed by atoms with Crippen LogP contribution in [0.5, 0.6) is 0 Å². The number of carboxylic acids is 1. The predicted molar refractivity (Wildman–Crippen MR) is 81.8 cm³/mol. The highest BCUT2D eigenvalue weighted by molar-refractivity contribution is 5.72. The largest absolute Gasteiger partial charge is 0.481 e. The molecule has 2 nitrogen and oxygen atoms in total. The van der Waals surface area contributed by atoms with Gasteiger partial charge >= 0.3 is 5.97 Å². The molecule has 0 aliphatic heterocycles. The number of benzene rings is 1. The van der Waals surface area contributed by atoms with Gasteiger partial charge in [0.05, 0.1) is 5.92 Å². The summed E-state index contributed by atoms with van der Waals surface area (Å²) in [5, 5.41) is 9.19. The van der Waals surface area contributed by atoms with Gasteiger partial charge in [-0.1, -0.05) is 37.3 Å². The average Bonchev–Trinajstić information content (AvgIpc) is 2.48. The number of aliphatic carboxylic acids is 1. The van der Waals surface area contributed by atoms with Gasteiger partial charge in [-0.05, 0) is 55.1 Å². The summed E-state index contributed by atoms with van der Waals surface area (Å²) in [5.74, 6) is -0.248. The third-order valence-electron chi connectivity index (χ3n) is 4.68. The first kappa shape index (κ1) is 14.8. The molecular formula is C18H24O2. The van der Waals surface area contributed by atoms with Crippen molar-refractivity contribution in [3.63, 3.8) is 0 Å². The van der Waals surface area contributed by atoms with Gasteiger partial charge in [-0.3, -0.25) is 4.79 Å². The third kappa shape index (κ3) is 3.30. The summed E-state index contributed by atoms with van der Waals surface area (Å²) in [6, 6.07) is 8.91. The molecule has 1 saturated carbocycles. The van der Waals surface area contributed by atoms with Crippen molar-refractivity contribution < 1.29 is 9.90 Å². The highest BCUT2D eigenvalue weighted by atomic mass is 16.4. The third-order valence-corrected chi connectivity index (χ3v) is 4.68. The van der Waals surface area contributed by atoms with Crippen molar-refractivity contribution >= 4 is 5.97 Å². The van der Waals surface area contributed by atoms with Gasteiger partial charge in [0.1, 0.15) is 0 Å². The van der Waals surface area contributed by atoms with Crippen molar-refractivity contribution in [3.05, 3.63) is 48.0 Å². The molecule has 0 aromatic heterocycles. The lowest BCUT2D eigenvalue weighted by Gasteiger charge is -2.31. The minimum absolute atomic E-state index is 0.260. The Morgan fingerprint density at radius 2 is 1.90 bits per heavy atom. The van der Waals surface area contributed by atoms with E-state index in [1.807, 2.05) is 0 Å². The Kier molecular flexibility index (Phi) is 4.99. The highest BCUT2D eigenvalue weighted by Crippen LogP contribution is 2.39. The minimum atomic E-state index is -0.726. The Bertz CT molecular complexity index is 453. The lowest BCUT2D eigenvalue weighted by molar-refractivity contribution is -0.142. The van der Waals surface area contributed by atoms with Crippen LogP contribution < -0.4 is 0 Å². The lowest BCUT2D eigenvalue weighted by Crippen LogP contribution is -2.25. The molecule has 2 rings (SSSR count). The van der Waals surface area contributed by atoms with E-state index in [1.54, 1.807) is 6.08 Å². The molecule has 0 bridgehead atoms. The monoisotopic (exact) mass is 272 g/mol. The molecule has 2 heteroatoms. The molecule has 1 N–H and O–H groups in total. The van der Waals surface area contributed by atoms with E-state index >= 15 is 0 Å². The summed E-state index contributed by atoms with van der Waals surface area (Å²) >= 11 is 0. The molecule has 1 unspecified atom stereocenters. The van der Waals surface area contributed by atoms with Crippen LogP contribution in [0.4, 0.5) is 0 Å². The van der Waals surface area contributed by atoms with E-state index in [4.69, 9.17) is 0 Å². The van der Waals surface area contributed by atoms with Crippen molar-refractivity contribution in [2.75, 3.05) is 0 Å². The van der Waals surface area contributed by atoms with Crippen molar-refractivity contribution in [3.8, 4) is 0 Å². The molecule has 0 spiro atoms. The average molecular weight is 272 g/mol. The van der Waals surface area contributed by atoms with Gasteiger partial charge in [0.2, 0.25) is 0 Å². The van der Waals surface area contributed by atoms with Crippen molar-refractivity contribution in [2.45, 2.75) is 44.9 Å². The van der Waals surface area contributed by atoms with Gasteiger partial charge in [0.25, 0.3) is 0 Å². The fraction of sp³-hybridized carbons (Fsp3) is 0.500. The van der Waals surface area contributed by atoms with Gasteiger partial charge in [0, 0.05) is 0 Å².